The van der Waals surface area contributed by atoms with Crippen molar-refractivity contribution in [1.29, 1.82) is 0 Å². The van der Waals surface area contributed by atoms with Crippen LogP contribution in [0.3, 0.4) is 0 Å². The highest BCUT2D eigenvalue weighted by Crippen LogP contribution is 2.65. The first-order chi connectivity index (χ1) is 25.8. The van der Waals surface area contributed by atoms with Crippen molar-refractivity contribution in [2.45, 2.75) is 122 Å². The number of carbonyl (C=O) groups is 7. The molecule has 0 radical (unpaired) electrons. The molecule has 1 aliphatic carbocycles. The van der Waals surface area contributed by atoms with Gasteiger partial charge in [-0.25, -0.2) is 4.79 Å². The summed E-state index contributed by atoms with van der Waals surface area (Å²) in [5.74, 6) is -4.32. The number of ether oxygens (including phenoxy) is 2. The molecule has 1 aromatic carbocycles. The molecule has 55 heavy (non-hydrogen) atoms. The zero-order valence-electron chi connectivity index (χ0n) is 33.6. The van der Waals surface area contributed by atoms with Gasteiger partial charge in [-0.15, -0.1) is 0 Å². The van der Waals surface area contributed by atoms with E-state index >= 15 is 0 Å². The van der Waals surface area contributed by atoms with Crippen molar-refractivity contribution in [2.24, 2.45) is 17.3 Å². The normalized spacial score (nSPS) is 26.5. The van der Waals surface area contributed by atoms with E-state index in [1.807, 2.05) is 13.8 Å². The quantitative estimate of drug-likeness (QED) is 0.288. The van der Waals surface area contributed by atoms with Crippen LogP contribution in [0.4, 0.5) is 4.79 Å². The van der Waals surface area contributed by atoms with Gasteiger partial charge in [-0.3, -0.25) is 28.8 Å². The van der Waals surface area contributed by atoms with E-state index in [9.17, 15) is 33.6 Å². The summed E-state index contributed by atoms with van der Waals surface area (Å²) in [5, 5.41) is 10.5. The number of nitrogens with one attached hydrogen (secondary N) is 4. The Morgan fingerprint density at radius 2 is 1.64 bits per heavy atom. The highest BCUT2D eigenvalue weighted by atomic mass is 16.6. The molecule has 15 nitrogen and oxygen atoms in total. The fourth-order valence-corrected chi connectivity index (χ4v) is 7.66. The van der Waals surface area contributed by atoms with Crippen LogP contribution in [0.5, 0.6) is 0 Å². The van der Waals surface area contributed by atoms with Gasteiger partial charge in [-0.2, -0.15) is 0 Å². The number of benzene rings is 1. The molecule has 304 valence electrons. The van der Waals surface area contributed by atoms with Crippen molar-refractivity contribution in [3.05, 3.63) is 35.9 Å². The lowest BCUT2D eigenvalue weighted by Crippen LogP contribution is -2.60. The minimum absolute atomic E-state index is 0.00579. The van der Waals surface area contributed by atoms with Gasteiger partial charge in [0.05, 0.1) is 18.7 Å². The van der Waals surface area contributed by atoms with E-state index in [1.54, 1.807) is 72.1 Å². The average Bonchev–Trinajstić information content (AvgIpc) is 3.42. The molecule has 3 aliphatic rings. The van der Waals surface area contributed by atoms with Crippen molar-refractivity contribution in [3.63, 3.8) is 0 Å². The molecule has 0 bridgehead atoms. The van der Waals surface area contributed by atoms with Gasteiger partial charge in [0.2, 0.25) is 29.4 Å². The van der Waals surface area contributed by atoms with Crippen LogP contribution < -0.4 is 21.3 Å². The Hall–Kier alpha value is -4.53. The van der Waals surface area contributed by atoms with Crippen LogP contribution in [-0.2, 0) is 38.2 Å². The third-order valence-electron chi connectivity index (χ3n) is 10.8. The second kappa shape index (κ2) is 18.4. The van der Waals surface area contributed by atoms with Gasteiger partial charge >= 0.3 is 6.09 Å². The largest absolute Gasteiger partial charge is 0.444 e. The maximum atomic E-state index is 14.3. The van der Waals surface area contributed by atoms with Gasteiger partial charge in [0.1, 0.15) is 23.7 Å². The second-order valence-electron chi connectivity index (χ2n) is 16.8. The number of alkyl carbamates (subject to hydrolysis) is 1. The molecule has 1 saturated carbocycles. The summed E-state index contributed by atoms with van der Waals surface area (Å²) < 4.78 is 11.5. The summed E-state index contributed by atoms with van der Waals surface area (Å²) >= 11 is 0. The molecule has 4 N–H and O–H groups in total. The van der Waals surface area contributed by atoms with Gasteiger partial charge < -0.3 is 40.5 Å². The number of piperidine rings is 1. The molecular formula is C40H60N6O9. The van der Waals surface area contributed by atoms with E-state index in [2.05, 4.69) is 21.3 Å². The minimum Gasteiger partial charge on any atom is -0.444 e. The number of amides is 6. The first kappa shape index (κ1) is 43.2. The predicted molar refractivity (Wildman–Crippen MR) is 203 cm³/mol. The highest BCUT2D eigenvalue weighted by molar-refractivity contribution is 6.38. The van der Waals surface area contributed by atoms with Crippen molar-refractivity contribution in [2.75, 3.05) is 33.8 Å². The zero-order chi connectivity index (χ0) is 40.7. The topological polar surface area (TPSA) is 193 Å². The van der Waals surface area contributed by atoms with E-state index in [4.69, 9.17) is 9.47 Å². The fourth-order valence-electron chi connectivity index (χ4n) is 7.66. The molecule has 6 amide bonds. The van der Waals surface area contributed by atoms with Crippen molar-refractivity contribution in [1.82, 2.24) is 31.1 Å². The van der Waals surface area contributed by atoms with Crippen LogP contribution in [0, 0.1) is 17.3 Å². The molecule has 1 unspecified atom stereocenters. The fraction of sp³-hybridized carbons (Fsp3) is 0.675. The van der Waals surface area contributed by atoms with Gasteiger partial charge in [-0.05, 0) is 63.4 Å². The van der Waals surface area contributed by atoms with Crippen LogP contribution in [0.15, 0.2) is 30.3 Å². The summed E-state index contributed by atoms with van der Waals surface area (Å²) in [4.78, 5) is 97.2. The van der Waals surface area contributed by atoms with Gasteiger partial charge in [-0.1, -0.05) is 76.3 Å². The molecule has 4 rings (SSSR count). The smallest absolute Gasteiger partial charge is 0.408 e. The number of hydrogen-bond donors (Lipinski definition) is 4. The predicted octanol–water partition coefficient (Wildman–Crippen LogP) is 2.63. The number of Topliss-reactive ketones (excluding diaryl/α,β-unsaturated/α-hetero) is 1. The minimum atomic E-state index is -1.21. The SMILES string of the molecule is CC1OCCCCCCCC[C@@H](C(=O)C(=O)NCC(=O)N[C@H](C(=O)N(C)C)c2ccccc2)NC(=O)[C@@H]2[C@@H]3[C@H](CN2C(=O)[C@H]1NC(=O)OC(C)(C)C)C3(C)C. The molecule has 2 aliphatic heterocycles. The van der Waals surface area contributed by atoms with Gasteiger partial charge in [0, 0.05) is 27.2 Å². The van der Waals surface area contributed by atoms with E-state index in [0.717, 1.165) is 32.1 Å². The van der Waals surface area contributed by atoms with Crippen LogP contribution in [-0.4, -0.2) is 115 Å². The molecule has 7 atom stereocenters. The Bertz CT molecular complexity index is 1580. The first-order valence-corrected chi connectivity index (χ1v) is 19.4. The first-order valence-electron chi connectivity index (χ1n) is 19.4. The summed E-state index contributed by atoms with van der Waals surface area (Å²) in [6, 6.07) is 4.33. The standard InChI is InChI=1S/C40H60N6O9/c1-24-30(44-38(53)55-39(2,3)4)37(52)46-23-26-29(40(26,5)6)32(46)34(49)42-27(20-16-11-9-10-12-17-21-54-24)33(48)35(50)41-22-28(47)43-31(36(51)45(7)8)25-18-14-13-15-19-25/h13-15,18-19,24,26-27,29-32H,9-12,16-17,20-23H2,1-8H3,(H,41,50)(H,42,49)(H,43,47)(H,44,53)/t24?,26-,27-,29-,30-,31-,32-/m0/s1. The van der Waals surface area contributed by atoms with E-state index in [0.29, 0.717) is 18.6 Å². The van der Waals surface area contributed by atoms with E-state index in [-0.39, 0.29) is 36.1 Å². The highest BCUT2D eigenvalue weighted by Gasteiger charge is 2.69. The van der Waals surface area contributed by atoms with Crippen LogP contribution >= 0.6 is 0 Å². The number of likely N-dealkylation sites (N-methyl/N-ethyl adjacent to an activating group) is 1. The molecule has 0 spiro atoms. The van der Waals surface area contributed by atoms with Crippen LogP contribution in [0.1, 0.15) is 98.1 Å². The van der Waals surface area contributed by atoms with E-state index in [1.165, 1.54) is 9.80 Å². The summed E-state index contributed by atoms with van der Waals surface area (Å²) in [5.41, 5.74) is -0.525. The second-order valence-corrected chi connectivity index (χ2v) is 16.8. The number of carbonyl (C=O) groups excluding carboxylic acids is 7. The monoisotopic (exact) mass is 768 g/mol. The zero-order valence-corrected chi connectivity index (χ0v) is 33.6. The van der Waals surface area contributed by atoms with Crippen LogP contribution in [0.2, 0.25) is 0 Å². The Labute approximate surface area is 324 Å². The summed E-state index contributed by atoms with van der Waals surface area (Å²) in [7, 11) is 3.13. The molecule has 2 saturated heterocycles. The lowest BCUT2D eigenvalue weighted by Gasteiger charge is -2.35. The number of hydrogen-bond acceptors (Lipinski definition) is 9. The number of fused-ring (bicyclic) bond motifs is 3. The van der Waals surface area contributed by atoms with Gasteiger partial charge in [0.15, 0.2) is 0 Å². The van der Waals surface area contributed by atoms with Gasteiger partial charge in [0.25, 0.3) is 5.91 Å². The maximum absolute atomic E-state index is 14.3. The van der Waals surface area contributed by atoms with Crippen molar-refractivity contribution in [3.8, 4) is 0 Å². The number of rotatable bonds is 8. The lowest BCUT2D eigenvalue weighted by atomic mass is 9.97. The average molecular weight is 769 g/mol. The molecule has 3 fully saturated rings. The Morgan fingerprint density at radius 3 is 2.27 bits per heavy atom. The van der Waals surface area contributed by atoms with E-state index < -0.39 is 77.9 Å². The summed E-state index contributed by atoms with van der Waals surface area (Å²) in [6.45, 7) is 11.0. The Balaban J connectivity index is 1.52. The maximum Gasteiger partial charge on any atom is 0.408 e. The Kier molecular flexibility index (Phi) is 14.5. The molecular weight excluding hydrogens is 708 g/mol. The molecule has 15 heteroatoms. The lowest BCUT2D eigenvalue weighted by molar-refractivity contribution is -0.146. The van der Waals surface area contributed by atoms with Crippen molar-refractivity contribution < 1.29 is 43.0 Å². The number of nitrogens with zero attached hydrogens (tertiary/aromatic N) is 2. The Morgan fingerprint density at radius 1 is 1.00 bits per heavy atom. The van der Waals surface area contributed by atoms with Crippen LogP contribution in [0.25, 0.3) is 0 Å². The molecule has 2 heterocycles. The summed E-state index contributed by atoms with van der Waals surface area (Å²) in [6.07, 6.45) is 3.33. The third-order valence-corrected chi connectivity index (χ3v) is 10.8. The number of ketones is 1. The third kappa shape index (κ3) is 11.3. The molecule has 0 aromatic heterocycles. The van der Waals surface area contributed by atoms with Crippen molar-refractivity contribution >= 4 is 41.4 Å². The molecule has 1 aromatic rings.